The summed E-state index contributed by atoms with van der Waals surface area (Å²) in [5.74, 6) is -0.0472. The minimum atomic E-state index is -0.323. The van der Waals surface area contributed by atoms with Crippen LogP contribution in [0.3, 0.4) is 0 Å². The summed E-state index contributed by atoms with van der Waals surface area (Å²) in [7, 11) is 0. The van der Waals surface area contributed by atoms with Crippen LogP contribution in [-0.4, -0.2) is 23.2 Å². The first-order valence-electron chi connectivity index (χ1n) is 5.99. The lowest BCUT2D eigenvalue weighted by Gasteiger charge is -2.30. The highest BCUT2D eigenvalue weighted by Gasteiger charge is 2.24. The highest BCUT2D eigenvalue weighted by molar-refractivity contribution is 5.73. The zero-order chi connectivity index (χ0) is 12.7. The zero-order valence-electron chi connectivity index (χ0n) is 10.6. The Morgan fingerprint density at radius 3 is 2.47 bits per heavy atom. The van der Waals surface area contributed by atoms with Crippen molar-refractivity contribution < 1.29 is 9.90 Å². The third-order valence-corrected chi connectivity index (χ3v) is 2.95. The van der Waals surface area contributed by atoms with Crippen LogP contribution >= 0.6 is 0 Å². The molecule has 1 rings (SSSR count). The zero-order valence-corrected chi connectivity index (χ0v) is 10.6. The predicted molar refractivity (Wildman–Crippen MR) is 68.7 cm³/mol. The molecule has 1 amide bonds. The summed E-state index contributed by atoms with van der Waals surface area (Å²) in [6.45, 7) is 3.58. The van der Waals surface area contributed by atoms with Crippen LogP contribution in [0.4, 0.5) is 0 Å². The van der Waals surface area contributed by atoms with Gasteiger partial charge in [-0.1, -0.05) is 30.3 Å². The number of aryl methyl sites for hydroxylation is 1. The second kappa shape index (κ2) is 6.40. The van der Waals surface area contributed by atoms with E-state index in [2.05, 4.69) is 17.4 Å². The van der Waals surface area contributed by atoms with E-state index in [4.69, 9.17) is 5.11 Å². The maximum atomic E-state index is 11.2. The Morgan fingerprint density at radius 1 is 1.29 bits per heavy atom. The Labute approximate surface area is 103 Å². The van der Waals surface area contributed by atoms with E-state index in [1.165, 1.54) is 12.5 Å². The van der Waals surface area contributed by atoms with Gasteiger partial charge in [0, 0.05) is 19.1 Å². The third-order valence-electron chi connectivity index (χ3n) is 2.95. The summed E-state index contributed by atoms with van der Waals surface area (Å²) in [5, 5.41) is 12.0. The number of rotatable bonds is 6. The second-order valence-electron chi connectivity index (χ2n) is 4.70. The maximum Gasteiger partial charge on any atom is 0.217 e. The Balaban J connectivity index is 2.58. The molecule has 0 bridgehead atoms. The molecule has 1 unspecified atom stereocenters. The Morgan fingerprint density at radius 2 is 1.94 bits per heavy atom. The van der Waals surface area contributed by atoms with Gasteiger partial charge in [0.15, 0.2) is 0 Å². The summed E-state index contributed by atoms with van der Waals surface area (Å²) in [6.07, 6.45) is 2.31. The van der Waals surface area contributed by atoms with Crippen molar-refractivity contribution in [1.82, 2.24) is 5.32 Å². The van der Waals surface area contributed by atoms with Gasteiger partial charge < -0.3 is 10.4 Å². The van der Waals surface area contributed by atoms with Crippen LogP contribution in [0, 0.1) is 0 Å². The average Bonchev–Trinajstić information content (AvgIpc) is 2.27. The smallest absolute Gasteiger partial charge is 0.217 e. The number of hydrogen-bond donors (Lipinski definition) is 2. The Kier molecular flexibility index (Phi) is 5.16. The molecule has 0 aromatic heterocycles. The lowest BCUT2D eigenvalue weighted by Crippen LogP contribution is -2.46. The second-order valence-corrected chi connectivity index (χ2v) is 4.70. The summed E-state index contributed by atoms with van der Waals surface area (Å²) >= 11 is 0. The van der Waals surface area contributed by atoms with Gasteiger partial charge in [0.05, 0.1) is 0 Å². The molecule has 0 saturated carbocycles. The first-order valence-corrected chi connectivity index (χ1v) is 5.99. The molecule has 0 heterocycles. The fourth-order valence-electron chi connectivity index (χ4n) is 1.99. The summed E-state index contributed by atoms with van der Waals surface area (Å²) in [6, 6.07) is 10.2. The van der Waals surface area contributed by atoms with Crippen molar-refractivity contribution in [3.05, 3.63) is 35.9 Å². The van der Waals surface area contributed by atoms with Crippen LogP contribution in [0.25, 0.3) is 0 Å². The quantitative estimate of drug-likeness (QED) is 0.791. The number of hydrogen-bond acceptors (Lipinski definition) is 2. The van der Waals surface area contributed by atoms with Crippen LogP contribution < -0.4 is 5.32 Å². The molecule has 1 aromatic carbocycles. The molecule has 3 heteroatoms. The molecule has 17 heavy (non-hydrogen) atoms. The first-order chi connectivity index (χ1) is 8.06. The molecule has 0 aliphatic heterocycles. The maximum absolute atomic E-state index is 11.2. The fraction of sp³-hybridized carbons (Fsp3) is 0.500. The number of benzene rings is 1. The van der Waals surface area contributed by atoms with Gasteiger partial charge in [-0.25, -0.2) is 0 Å². The molecule has 0 fully saturated rings. The number of carbonyl (C=O) groups excluding carboxylic acids is 1. The number of aliphatic hydroxyl groups is 1. The molecule has 3 nitrogen and oxygen atoms in total. The van der Waals surface area contributed by atoms with Gasteiger partial charge in [-0.05, 0) is 31.7 Å². The molecule has 1 aromatic rings. The lowest BCUT2D eigenvalue weighted by molar-refractivity contribution is -0.120. The van der Waals surface area contributed by atoms with Crippen LogP contribution in [0.1, 0.15) is 32.3 Å². The predicted octanol–water partition coefficient (Wildman–Crippen LogP) is 1.90. The van der Waals surface area contributed by atoms with Crippen LogP contribution in [0.2, 0.25) is 0 Å². The van der Waals surface area contributed by atoms with E-state index in [0.29, 0.717) is 6.42 Å². The first kappa shape index (κ1) is 13.7. The molecule has 0 saturated heterocycles. The molecule has 2 N–H and O–H groups in total. The van der Waals surface area contributed by atoms with E-state index in [9.17, 15) is 4.79 Å². The topological polar surface area (TPSA) is 49.3 Å². The van der Waals surface area contributed by atoms with Crippen LogP contribution in [0.15, 0.2) is 30.3 Å². The van der Waals surface area contributed by atoms with Gasteiger partial charge in [-0.15, -0.1) is 0 Å². The van der Waals surface area contributed by atoms with Crippen molar-refractivity contribution in [2.45, 2.75) is 38.6 Å². The highest BCUT2D eigenvalue weighted by atomic mass is 16.3. The van der Waals surface area contributed by atoms with Crippen molar-refractivity contribution in [2.24, 2.45) is 0 Å². The van der Waals surface area contributed by atoms with Gasteiger partial charge in [0.25, 0.3) is 0 Å². The summed E-state index contributed by atoms with van der Waals surface area (Å²) in [4.78, 5) is 11.2. The van der Waals surface area contributed by atoms with Gasteiger partial charge in [0.1, 0.15) is 0 Å². The van der Waals surface area contributed by atoms with Gasteiger partial charge in [0.2, 0.25) is 5.91 Å². The number of carbonyl (C=O) groups is 1. The lowest BCUT2D eigenvalue weighted by atomic mass is 9.90. The average molecular weight is 235 g/mol. The van der Waals surface area contributed by atoms with E-state index >= 15 is 0 Å². The minimum absolute atomic E-state index is 0.0472. The van der Waals surface area contributed by atoms with Gasteiger partial charge in [-0.3, -0.25) is 4.79 Å². The monoisotopic (exact) mass is 235 g/mol. The molecular weight excluding hydrogens is 214 g/mol. The van der Waals surface area contributed by atoms with Crippen molar-refractivity contribution >= 4 is 5.91 Å². The molecule has 94 valence electrons. The standard InChI is InChI=1S/C14H21NO2/c1-12(17)15-14(2,10-11-16)9-8-13-6-4-3-5-7-13/h3-7,16H,8-11H2,1-2H3,(H,15,17). The van der Waals surface area contributed by atoms with Crippen LogP contribution in [-0.2, 0) is 11.2 Å². The van der Waals surface area contributed by atoms with E-state index in [-0.39, 0.29) is 18.1 Å². The Bertz CT molecular complexity index is 350. The molecule has 0 aliphatic carbocycles. The molecule has 0 aliphatic rings. The van der Waals surface area contributed by atoms with Crippen LogP contribution in [0.5, 0.6) is 0 Å². The van der Waals surface area contributed by atoms with E-state index in [1.807, 2.05) is 25.1 Å². The number of nitrogens with one attached hydrogen (secondary N) is 1. The SMILES string of the molecule is CC(=O)NC(C)(CCO)CCc1ccccc1. The largest absolute Gasteiger partial charge is 0.396 e. The normalized spacial score (nSPS) is 14.1. The van der Waals surface area contributed by atoms with Crippen molar-refractivity contribution in [3.63, 3.8) is 0 Å². The van der Waals surface area contributed by atoms with Crippen molar-refractivity contribution in [3.8, 4) is 0 Å². The fourth-order valence-corrected chi connectivity index (χ4v) is 1.99. The number of amides is 1. The third kappa shape index (κ3) is 5.00. The van der Waals surface area contributed by atoms with E-state index < -0.39 is 0 Å². The molecule has 1 atom stereocenters. The molecular formula is C14H21NO2. The van der Waals surface area contributed by atoms with Crippen molar-refractivity contribution in [1.29, 1.82) is 0 Å². The molecule has 0 spiro atoms. The number of aliphatic hydroxyl groups excluding tert-OH is 1. The highest BCUT2D eigenvalue weighted by Crippen LogP contribution is 2.17. The van der Waals surface area contributed by atoms with Gasteiger partial charge in [-0.2, -0.15) is 0 Å². The molecule has 0 radical (unpaired) electrons. The summed E-state index contributed by atoms with van der Waals surface area (Å²) < 4.78 is 0. The van der Waals surface area contributed by atoms with Gasteiger partial charge >= 0.3 is 0 Å². The van der Waals surface area contributed by atoms with E-state index in [0.717, 1.165) is 12.8 Å². The minimum Gasteiger partial charge on any atom is -0.396 e. The van der Waals surface area contributed by atoms with E-state index in [1.54, 1.807) is 0 Å². The Hall–Kier alpha value is -1.35. The van der Waals surface area contributed by atoms with Crippen molar-refractivity contribution in [2.75, 3.05) is 6.61 Å². The summed E-state index contributed by atoms with van der Waals surface area (Å²) in [5.41, 5.74) is 0.929.